The monoisotopic (exact) mass is 392 g/mol. The summed E-state index contributed by atoms with van der Waals surface area (Å²) in [5.41, 5.74) is 7.64. The first-order valence-corrected chi connectivity index (χ1v) is 6.95. The maximum Gasteiger partial charge on any atom is 0.243 e. The molecule has 5 N–H and O–H groups in total. The minimum absolute atomic E-state index is 0. The van der Waals surface area contributed by atoms with Crippen molar-refractivity contribution in [3.05, 3.63) is 22.2 Å². The van der Waals surface area contributed by atoms with E-state index in [4.69, 9.17) is 5.73 Å². The maximum absolute atomic E-state index is 11.7. The van der Waals surface area contributed by atoms with Crippen molar-refractivity contribution in [3.8, 4) is 0 Å². The number of amides is 3. The molecule has 0 saturated heterocycles. The van der Waals surface area contributed by atoms with Gasteiger partial charge >= 0.3 is 0 Å². The van der Waals surface area contributed by atoms with E-state index < -0.39 is 11.8 Å². The number of aryl methyl sites for hydroxylation is 1. The van der Waals surface area contributed by atoms with Gasteiger partial charge in [-0.25, -0.2) is 0 Å². The van der Waals surface area contributed by atoms with E-state index in [1.165, 1.54) is 6.92 Å². The zero-order chi connectivity index (χ0) is 16.0. The molecule has 0 saturated carbocycles. The van der Waals surface area contributed by atoms with Gasteiger partial charge in [-0.1, -0.05) is 15.9 Å². The summed E-state index contributed by atoms with van der Waals surface area (Å²) in [7, 11) is 0. The van der Waals surface area contributed by atoms with E-state index in [1.54, 1.807) is 6.07 Å². The Morgan fingerprint density at radius 1 is 1.14 bits per heavy atom. The number of carbonyl (C=O) groups excluding carboxylic acids is 3. The van der Waals surface area contributed by atoms with Crippen LogP contribution >= 0.6 is 28.3 Å². The normalized spacial score (nSPS) is 9.41. The molecule has 7 nitrogen and oxygen atoms in total. The smallest absolute Gasteiger partial charge is 0.243 e. The highest BCUT2D eigenvalue weighted by molar-refractivity contribution is 9.10. The molecule has 3 amide bonds. The Morgan fingerprint density at radius 2 is 1.73 bits per heavy atom. The number of benzene rings is 1. The molecule has 0 atom stereocenters. The van der Waals surface area contributed by atoms with Gasteiger partial charge in [-0.15, -0.1) is 12.4 Å². The number of halogens is 2. The highest BCUT2D eigenvalue weighted by Crippen LogP contribution is 2.27. The number of carbonyl (C=O) groups is 3. The number of nitrogens with two attached hydrogens (primary N) is 1. The summed E-state index contributed by atoms with van der Waals surface area (Å²) in [4.78, 5) is 33.7. The third kappa shape index (κ3) is 6.77. The predicted octanol–water partition coefficient (Wildman–Crippen LogP) is 0.952. The van der Waals surface area contributed by atoms with Crippen LogP contribution in [0.3, 0.4) is 0 Å². The van der Waals surface area contributed by atoms with Crippen LogP contribution in [-0.4, -0.2) is 30.8 Å². The van der Waals surface area contributed by atoms with Crippen molar-refractivity contribution in [1.29, 1.82) is 0 Å². The summed E-state index contributed by atoms with van der Waals surface area (Å²) in [6, 6.07) is 3.51. The molecular formula is C13H18BrClN4O3. The molecule has 0 unspecified atom stereocenters. The molecule has 0 aromatic heterocycles. The summed E-state index contributed by atoms with van der Waals surface area (Å²) in [5, 5.41) is 7.34. The average Bonchev–Trinajstić information content (AvgIpc) is 2.39. The largest absolute Gasteiger partial charge is 0.397 e. The summed E-state index contributed by atoms with van der Waals surface area (Å²) in [6.45, 7) is 2.76. The first-order valence-electron chi connectivity index (χ1n) is 6.16. The maximum atomic E-state index is 11.7. The number of nitrogens with one attached hydrogen (secondary N) is 3. The molecular weight excluding hydrogens is 376 g/mol. The van der Waals surface area contributed by atoms with Crippen molar-refractivity contribution < 1.29 is 14.4 Å². The van der Waals surface area contributed by atoms with Crippen LogP contribution in [0.4, 0.5) is 11.4 Å². The fraction of sp³-hybridized carbons (Fsp3) is 0.308. The Bertz CT molecular complexity index is 581. The van der Waals surface area contributed by atoms with E-state index in [0.717, 1.165) is 10.0 Å². The third-order valence-corrected chi connectivity index (χ3v) is 3.03. The SMILES string of the molecule is CC(=O)NCC(=O)NCC(=O)Nc1cc(Br)cc(C)c1N.Cl. The van der Waals surface area contributed by atoms with Crippen LogP contribution in [0.25, 0.3) is 0 Å². The summed E-state index contributed by atoms with van der Waals surface area (Å²) < 4.78 is 0.791. The predicted molar refractivity (Wildman–Crippen MR) is 90.9 cm³/mol. The van der Waals surface area contributed by atoms with Crippen LogP contribution < -0.4 is 21.7 Å². The summed E-state index contributed by atoms with van der Waals surface area (Å²) in [6.07, 6.45) is 0. The molecule has 0 radical (unpaired) electrons. The standard InChI is InChI=1S/C13H17BrN4O3.ClH/c1-7-3-9(14)4-10(13(7)15)18-12(21)6-17-11(20)5-16-8(2)19;/h3-4H,5-6,15H2,1-2H3,(H,16,19)(H,17,20)(H,18,21);1H. The van der Waals surface area contributed by atoms with E-state index in [-0.39, 0.29) is 31.4 Å². The van der Waals surface area contributed by atoms with Crippen LogP contribution in [0.2, 0.25) is 0 Å². The third-order valence-electron chi connectivity index (χ3n) is 2.57. The van der Waals surface area contributed by atoms with Gasteiger partial charge in [0.1, 0.15) is 0 Å². The molecule has 1 aromatic carbocycles. The lowest BCUT2D eigenvalue weighted by molar-refractivity contribution is -0.126. The molecule has 1 rings (SSSR count). The number of rotatable bonds is 5. The zero-order valence-electron chi connectivity index (χ0n) is 12.2. The fourth-order valence-corrected chi connectivity index (χ4v) is 2.07. The van der Waals surface area contributed by atoms with Gasteiger partial charge in [-0.2, -0.15) is 0 Å². The topological polar surface area (TPSA) is 113 Å². The number of hydrogen-bond donors (Lipinski definition) is 4. The lowest BCUT2D eigenvalue weighted by atomic mass is 10.1. The summed E-state index contributed by atoms with van der Waals surface area (Å²) >= 11 is 3.32. The second kappa shape index (κ2) is 9.26. The van der Waals surface area contributed by atoms with Gasteiger partial charge in [0.25, 0.3) is 0 Å². The highest BCUT2D eigenvalue weighted by atomic mass is 79.9. The Morgan fingerprint density at radius 3 is 2.32 bits per heavy atom. The van der Waals surface area contributed by atoms with Crippen molar-refractivity contribution in [1.82, 2.24) is 10.6 Å². The quantitative estimate of drug-likeness (QED) is 0.558. The van der Waals surface area contributed by atoms with Crippen molar-refractivity contribution >= 4 is 57.4 Å². The van der Waals surface area contributed by atoms with Crippen LogP contribution in [-0.2, 0) is 14.4 Å². The highest BCUT2D eigenvalue weighted by Gasteiger charge is 2.10. The molecule has 0 heterocycles. The number of nitrogen functional groups attached to an aromatic ring is 1. The van der Waals surface area contributed by atoms with Crippen LogP contribution in [0.15, 0.2) is 16.6 Å². The van der Waals surface area contributed by atoms with Crippen molar-refractivity contribution in [3.63, 3.8) is 0 Å². The average molecular weight is 394 g/mol. The van der Waals surface area contributed by atoms with E-state index in [0.29, 0.717) is 11.4 Å². The summed E-state index contributed by atoms with van der Waals surface area (Å²) in [5.74, 6) is -1.17. The van der Waals surface area contributed by atoms with Gasteiger partial charge < -0.3 is 21.7 Å². The second-order valence-corrected chi connectivity index (χ2v) is 5.33. The molecule has 0 aliphatic carbocycles. The Hall–Kier alpha value is -1.80. The minimum atomic E-state index is -0.446. The van der Waals surface area contributed by atoms with Gasteiger partial charge in [0.05, 0.1) is 24.5 Å². The molecule has 0 bridgehead atoms. The molecule has 1 aromatic rings. The van der Waals surface area contributed by atoms with Crippen molar-refractivity contribution in [2.45, 2.75) is 13.8 Å². The van der Waals surface area contributed by atoms with Gasteiger partial charge in [0.2, 0.25) is 17.7 Å². The Balaban J connectivity index is 0.00000441. The van der Waals surface area contributed by atoms with E-state index in [2.05, 4.69) is 31.9 Å². The van der Waals surface area contributed by atoms with E-state index in [1.807, 2.05) is 13.0 Å². The molecule has 9 heteroatoms. The van der Waals surface area contributed by atoms with Crippen molar-refractivity contribution in [2.24, 2.45) is 0 Å². The number of anilines is 2. The molecule has 0 fully saturated rings. The van der Waals surface area contributed by atoms with Crippen LogP contribution in [0.5, 0.6) is 0 Å². The lowest BCUT2D eigenvalue weighted by Gasteiger charge is -2.11. The molecule has 0 aliphatic rings. The van der Waals surface area contributed by atoms with Crippen LogP contribution in [0, 0.1) is 6.92 Å². The fourth-order valence-electron chi connectivity index (χ4n) is 1.50. The Labute approximate surface area is 142 Å². The van der Waals surface area contributed by atoms with E-state index >= 15 is 0 Å². The molecule has 0 aliphatic heterocycles. The van der Waals surface area contributed by atoms with E-state index in [9.17, 15) is 14.4 Å². The second-order valence-electron chi connectivity index (χ2n) is 4.42. The first kappa shape index (κ1) is 20.2. The molecule has 22 heavy (non-hydrogen) atoms. The van der Waals surface area contributed by atoms with Crippen molar-refractivity contribution in [2.75, 3.05) is 24.1 Å². The zero-order valence-corrected chi connectivity index (χ0v) is 14.6. The molecule has 122 valence electrons. The van der Waals surface area contributed by atoms with Gasteiger partial charge in [0, 0.05) is 11.4 Å². The van der Waals surface area contributed by atoms with Gasteiger partial charge in [-0.05, 0) is 24.6 Å². The van der Waals surface area contributed by atoms with Crippen LogP contribution in [0.1, 0.15) is 12.5 Å². The number of hydrogen-bond acceptors (Lipinski definition) is 4. The minimum Gasteiger partial charge on any atom is -0.397 e. The molecule has 0 spiro atoms. The van der Waals surface area contributed by atoms with Gasteiger partial charge in [0.15, 0.2) is 0 Å². The van der Waals surface area contributed by atoms with Gasteiger partial charge in [-0.3, -0.25) is 14.4 Å². The first-order chi connectivity index (χ1) is 9.79. The Kier molecular flexibility index (Phi) is 8.51. The lowest BCUT2D eigenvalue weighted by Crippen LogP contribution is -2.39.